The summed E-state index contributed by atoms with van der Waals surface area (Å²) in [6.45, 7) is 13.3. The maximum Gasteiger partial charge on any atom is 0.0900 e. The number of aryl methyl sites for hydroxylation is 1. The average molecular weight is 293 g/mol. The summed E-state index contributed by atoms with van der Waals surface area (Å²) in [6, 6.07) is 8.98. The number of benzene rings is 1. The molecule has 0 aromatic heterocycles. The Labute approximate surface area is 129 Å². The largest absolute Gasteiger partial charge is 0.389 e. The van der Waals surface area contributed by atoms with Crippen LogP contribution in [0.2, 0.25) is 0 Å². The third-order valence-corrected chi connectivity index (χ3v) is 3.44. The highest BCUT2D eigenvalue weighted by Crippen LogP contribution is 2.10. The molecular formula is C18H31NO2. The molecule has 1 rings (SSSR count). The number of hydrogen-bond acceptors (Lipinski definition) is 3. The Morgan fingerprint density at radius 1 is 1.05 bits per heavy atom. The Kier molecular flexibility index (Phi) is 7.94. The molecule has 0 unspecified atom stereocenters. The predicted molar refractivity (Wildman–Crippen MR) is 88.4 cm³/mol. The molecule has 0 aliphatic heterocycles. The Bertz CT molecular complexity index is 387. The van der Waals surface area contributed by atoms with Crippen LogP contribution in [0.25, 0.3) is 0 Å². The zero-order chi connectivity index (χ0) is 15.8. The van der Waals surface area contributed by atoms with Crippen molar-refractivity contribution in [2.75, 3.05) is 19.8 Å². The van der Waals surface area contributed by atoms with Crippen LogP contribution in [0.3, 0.4) is 0 Å². The van der Waals surface area contributed by atoms with Gasteiger partial charge < -0.3 is 9.84 Å². The van der Waals surface area contributed by atoms with Gasteiger partial charge in [0.05, 0.1) is 12.7 Å². The predicted octanol–water partition coefficient (Wildman–Crippen LogP) is 3.24. The van der Waals surface area contributed by atoms with Gasteiger partial charge in [0.15, 0.2) is 0 Å². The van der Waals surface area contributed by atoms with Crippen LogP contribution in [0.15, 0.2) is 24.3 Å². The fourth-order valence-electron chi connectivity index (χ4n) is 2.15. The second-order valence-corrected chi connectivity index (χ2v) is 6.59. The highest BCUT2D eigenvalue weighted by molar-refractivity contribution is 5.21. The lowest BCUT2D eigenvalue weighted by Gasteiger charge is -2.29. The first-order chi connectivity index (χ1) is 9.88. The Morgan fingerprint density at radius 3 is 2.19 bits per heavy atom. The summed E-state index contributed by atoms with van der Waals surface area (Å²) in [6.07, 6.45) is -0.434. The van der Waals surface area contributed by atoms with Crippen LogP contribution in [0.5, 0.6) is 0 Å². The lowest BCUT2D eigenvalue weighted by atomic mass is 10.1. The van der Waals surface area contributed by atoms with E-state index in [2.05, 4.69) is 63.8 Å². The first-order valence-corrected chi connectivity index (χ1v) is 7.94. The molecule has 0 radical (unpaired) electrons. The van der Waals surface area contributed by atoms with E-state index in [9.17, 15) is 5.11 Å². The highest BCUT2D eigenvalue weighted by Gasteiger charge is 2.15. The van der Waals surface area contributed by atoms with E-state index in [4.69, 9.17) is 4.74 Å². The molecule has 1 N–H and O–H groups in total. The van der Waals surface area contributed by atoms with Crippen molar-refractivity contribution in [1.82, 2.24) is 4.90 Å². The minimum Gasteiger partial charge on any atom is -0.389 e. The fourth-order valence-corrected chi connectivity index (χ4v) is 2.15. The third-order valence-electron chi connectivity index (χ3n) is 3.44. The van der Waals surface area contributed by atoms with E-state index in [0.717, 1.165) is 6.54 Å². The highest BCUT2D eigenvalue weighted by atomic mass is 16.5. The van der Waals surface area contributed by atoms with Crippen LogP contribution in [0.1, 0.15) is 38.8 Å². The van der Waals surface area contributed by atoms with Gasteiger partial charge in [-0.3, -0.25) is 4.90 Å². The Balaban J connectivity index is 2.47. The summed E-state index contributed by atoms with van der Waals surface area (Å²) >= 11 is 0. The minimum atomic E-state index is -0.434. The molecule has 0 aliphatic carbocycles. The van der Waals surface area contributed by atoms with Crippen molar-refractivity contribution in [3.05, 3.63) is 35.4 Å². The summed E-state index contributed by atoms with van der Waals surface area (Å²) in [4.78, 5) is 2.29. The van der Waals surface area contributed by atoms with Crippen LogP contribution in [0.4, 0.5) is 0 Å². The van der Waals surface area contributed by atoms with Gasteiger partial charge in [0.1, 0.15) is 0 Å². The average Bonchev–Trinajstić information content (AvgIpc) is 2.40. The van der Waals surface area contributed by atoms with Crippen LogP contribution < -0.4 is 0 Å². The molecule has 0 fully saturated rings. The van der Waals surface area contributed by atoms with E-state index in [-0.39, 0.29) is 0 Å². The maximum atomic E-state index is 10.1. The van der Waals surface area contributed by atoms with Crippen molar-refractivity contribution >= 4 is 0 Å². The van der Waals surface area contributed by atoms with Crippen molar-refractivity contribution < 1.29 is 9.84 Å². The molecule has 120 valence electrons. The first-order valence-electron chi connectivity index (χ1n) is 7.94. The molecule has 0 saturated carbocycles. The molecule has 0 spiro atoms. The molecule has 0 heterocycles. The van der Waals surface area contributed by atoms with E-state index < -0.39 is 6.10 Å². The lowest BCUT2D eigenvalue weighted by Crippen LogP contribution is -2.39. The maximum absolute atomic E-state index is 10.1. The van der Waals surface area contributed by atoms with Gasteiger partial charge in [-0.2, -0.15) is 0 Å². The van der Waals surface area contributed by atoms with Gasteiger partial charge >= 0.3 is 0 Å². The van der Waals surface area contributed by atoms with Gasteiger partial charge in [-0.1, -0.05) is 43.7 Å². The second kappa shape index (κ2) is 9.19. The quantitative estimate of drug-likeness (QED) is 0.758. The van der Waals surface area contributed by atoms with Crippen LogP contribution in [-0.2, 0) is 11.3 Å². The molecule has 1 aromatic rings. The standard InChI is InChI=1S/C18H31NO2/c1-14(2)12-21-13-18(20)11-19(15(3)4)10-17-8-6-16(5)7-9-17/h6-9,14-15,18,20H,10-13H2,1-5H3/t18-/m0/s1. The third kappa shape index (κ3) is 7.60. The van der Waals surface area contributed by atoms with Gasteiger partial charge in [-0.25, -0.2) is 0 Å². The van der Waals surface area contributed by atoms with Crippen molar-refractivity contribution in [1.29, 1.82) is 0 Å². The van der Waals surface area contributed by atoms with Crippen molar-refractivity contribution in [2.24, 2.45) is 5.92 Å². The number of aliphatic hydroxyl groups is 1. The lowest BCUT2D eigenvalue weighted by molar-refractivity contribution is 0.00174. The molecule has 1 aromatic carbocycles. The zero-order valence-corrected chi connectivity index (χ0v) is 14.2. The zero-order valence-electron chi connectivity index (χ0n) is 14.2. The SMILES string of the molecule is Cc1ccc(CN(C[C@H](O)COCC(C)C)C(C)C)cc1. The summed E-state index contributed by atoms with van der Waals surface area (Å²) < 4.78 is 5.53. The van der Waals surface area contributed by atoms with E-state index in [1.807, 2.05) is 0 Å². The van der Waals surface area contributed by atoms with Gasteiger partial charge in [0, 0.05) is 25.7 Å². The number of ether oxygens (including phenoxy) is 1. The summed E-state index contributed by atoms with van der Waals surface area (Å²) in [7, 11) is 0. The number of nitrogens with zero attached hydrogens (tertiary/aromatic N) is 1. The number of aliphatic hydroxyl groups excluding tert-OH is 1. The van der Waals surface area contributed by atoms with E-state index in [1.54, 1.807) is 0 Å². The van der Waals surface area contributed by atoms with Crippen molar-refractivity contribution in [2.45, 2.75) is 53.3 Å². The normalized spacial score (nSPS) is 13.4. The van der Waals surface area contributed by atoms with Crippen LogP contribution in [0, 0.1) is 12.8 Å². The topological polar surface area (TPSA) is 32.7 Å². The molecular weight excluding hydrogens is 262 g/mol. The Hall–Kier alpha value is -0.900. The van der Waals surface area contributed by atoms with E-state index >= 15 is 0 Å². The first kappa shape index (κ1) is 18.1. The molecule has 3 heteroatoms. The van der Waals surface area contributed by atoms with Crippen molar-refractivity contribution in [3.63, 3.8) is 0 Å². The van der Waals surface area contributed by atoms with Crippen LogP contribution >= 0.6 is 0 Å². The molecule has 0 aliphatic rings. The molecule has 0 saturated heterocycles. The van der Waals surface area contributed by atoms with Gasteiger partial charge in [0.25, 0.3) is 0 Å². The molecule has 0 amide bonds. The molecule has 3 nitrogen and oxygen atoms in total. The van der Waals surface area contributed by atoms with Gasteiger partial charge in [-0.05, 0) is 32.3 Å². The van der Waals surface area contributed by atoms with E-state index in [0.29, 0.717) is 31.7 Å². The molecule has 21 heavy (non-hydrogen) atoms. The smallest absolute Gasteiger partial charge is 0.0900 e. The summed E-state index contributed by atoms with van der Waals surface area (Å²) in [5, 5.41) is 10.1. The minimum absolute atomic E-state index is 0.394. The van der Waals surface area contributed by atoms with E-state index in [1.165, 1.54) is 11.1 Å². The monoisotopic (exact) mass is 293 g/mol. The van der Waals surface area contributed by atoms with Crippen LogP contribution in [-0.4, -0.2) is 41.9 Å². The Morgan fingerprint density at radius 2 is 1.67 bits per heavy atom. The fraction of sp³-hybridized carbons (Fsp3) is 0.667. The van der Waals surface area contributed by atoms with Gasteiger partial charge in [0.2, 0.25) is 0 Å². The second-order valence-electron chi connectivity index (χ2n) is 6.59. The number of rotatable bonds is 9. The van der Waals surface area contributed by atoms with Crippen molar-refractivity contribution in [3.8, 4) is 0 Å². The van der Waals surface area contributed by atoms with Gasteiger partial charge in [-0.15, -0.1) is 0 Å². The number of hydrogen-bond donors (Lipinski definition) is 1. The summed E-state index contributed by atoms with van der Waals surface area (Å²) in [5.74, 6) is 0.506. The molecule has 1 atom stereocenters. The molecule has 0 bridgehead atoms. The summed E-state index contributed by atoms with van der Waals surface area (Å²) in [5.41, 5.74) is 2.56.